The van der Waals surface area contributed by atoms with Crippen molar-refractivity contribution >= 4 is 18.1 Å². The highest BCUT2D eigenvalue weighted by molar-refractivity contribution is 5.85. The molecule has 0 bridgehead atoms. The van der Waals surface area contributed by atoms with Gasteiger partial charge in [-0.15, -0.1) is 12.4 Å². The molecule has 1 N–H and O–H groups in total. The lowest BCUT2D eigenvalue weighted by molar-refractivity contribution is -0.384. The predicted molar refractivity (Wildman–Crippen MR) is 103 cm³/mol. The Morgan fingerprint density at radius 1 is 1.08 bits per heavy atom. The SMILES string of the molecule is COc1ccc(CCCNC(C)Cc2ccc([N+](=O)[O-])cc2)cc1.Cl. The number of hydrogen-bond acceptors (Lipinski definition) is 4. The van der Waals surface area contributed by atoms with E-state index in [4.69, 9.17) is 4.74 Å². The minimum absolute atomic E-state index is 0. The van der Waals surface area contributed by atoms with Crippen LogP contribution in [0.3, 0.4) is 0 Å². The molecule has 0 saturated heterocycles. The molecule has 0 fully saturated rings. The van der Waals surface area contributed by atoms with Crippen molar-refractivity contribution in [3.63, 3.8) is 0 Å². The van der Waals surface area contributed by atoms with Crippen molar-refractivity contribution in [2.24, 2.45) is 0 Å². The fourth-order valence-corrected chi connectivity index (χ4v) is 2.61. The Hall–Kier alpha value is -2.11. The maximum Gasteiger partial charge on any atom is 0.269 e. The largest absolute Gasteiger partial charge is 0.497 e. The highest BCUT2D eigenvalue weighted by Crippen LogP contribution is 2.14. The van der Waals surface area contributed by atoms with E-state index < -0.39 is 0 Å². The van der Waals surface area contributed by atoms with Crippen LogP contribution in [0.1, 0.15) is 24.5 Å². The molecule has 0 spiro atoms. The zero-order valence-electron chi connectivity index (χ0n) is 14.6. The van der Waals surface area contributed by atoms with Crippen LogP contribution in [-0.2, 0) is 12.8 Å². The van der Waals surface area contributed by atoms with E-state index in [9.17, 15) is 10.1 Å². The Morgan fingerprint density at radius 2 is 1.68 bits per heavy atom. The summed E-state index contributed by atoms with van der Waals surface area (Å²) in [7, 11) is 1.67. The van der Waals surface area contributed by atoms with E-state index in [0.717, 1.165) is 37.1 Å². The standard InChI is InChI=1S/C19H24N2O3.ClH/c1-15(14-17-5-9-18(10-6-17)21(22)23)20-13-3-4-16-7-11-19(24-2)12-8-16;/h5-12,15,20H,3-4,13-14H2,1-2H3;1H. The molecule has 0 aromatic heterocycles. The molecule has 1 unspecified atom stereocenters. The monoisotopic (exact) mass is 364 g/mol. The van der Waals surface area contributed by atoms with Gasteiger partial charge in [-0.1, -0.05) is 24.3 Å². The Kier molecular flexibility index (Phi) is 8.95. The van der Waals surface area contributed by atoms with Crippen molar-refractivity contribution in [2.75, 3.05) is 13.7 Å². The molecular weight excluding hydrogens is 340 g/mol. The third kappa shape index (κ3) is 7.11. The van der Waals surface area contributed by atoms with E-state index in [-0.39, 0.29) is 23.0 Å². The van der Waals surface area contributed by atoms with Crippen molar-refractivity contribution in [1.82, 2.24) is 5.32 Å². The van der Waals surface area contributed by atoms with Gasteiger partial charge in [0.15, 0.2) is 0 Å². The van der Waals surface area contributed by atoms with E-state index in [1.54, 1.807) is 19.2 Å². The summed E-state index contributed by atoms with van der Waals surface area (Å²) in [6.07, 6.45) is 2.96. The van der Waals surface area contributed by atoms with E-state index in [1.165, 1.54) is 5.56 Å². The first-order valence-electron chi connectivity index (χ1n) is 8.18. The Balaban J connectivity index is 0.00000312. The topological polar surface area (TPSA) is 64.4 Å². The Bertz CT molecular complexity index is 645. The second kappa shape index (κ2) is 10.7. The summed E-state index contributed by atoms with van der Waals surface area (Å²) in [5.41, 5.74) is 2.55. The second-order valence-electron chi connectivity index (χ2n) is 5.93. The average Bonchev–Trinajstić information content (AvgIpc) is 2.59. The van der Waals surface area contributed by atoms with Crippen LogP contribution in [0, 0.1) is 10.1 Å². The van der Waals surface area contributed by atoms with Gasteiger partial charge >= 0.3 is 0 Å². The molecule has 2 aromatic carbocycles. The lowest BCUT2D eigenvalue weighted by Crippen LogP contribution is -2.29. The summed E-state index contributed by atoms with van der Waals surface area (Å²) in [4.78, 5) is 10.3. The summed E-state index contributed by atoms with van der Waals surface area (Å²) in [5.74, 6) is 0.883. The van der Waals surface area contributed by atoms with E-state index in [2.05, 4.69) is 24.4 Å². The number of methoxy groups -OCH3 is 1. The first kappa shape index (κ1) is 20.9. The molecule has 0 aliphatic heterocycles. The summed E-state index contributed by atoms with van der Waals surface area (Å²) >= 11 is 0. The van der Waals surface area contributed by atoms with Crippen LogP contribution in [0.2, 0.25) is 0 Å². The summed E-state index contributed by atoms with van der Waals surface area (Å²) < 4.78 is 5.15. The number of halogens is 1. The van der Waals surface area contributed by atoms with Gasteiger partial charge in [-0.3, -0.25) is 10.1 Å². The van der Waals surface area contributed by atoms with Crippen molar-refractivity contribution in [3.05, 3.63) is 69.8 Å². The van der Waals surface area contributed by atoms with Gasteiger partial charge in [0, 0.05) is 18.2 Å². The van der Waals surface area contributed by atoms with Crippen LogP contribution < -0.4 is 10.1 Å². The van der Waals surface area contributed by atoms with Crippen LogP contribution in [0.5, 0.6) is 5.75 Å². The number of benzene rings is 2. The minimum atomic E-state index is -0.370. The quantitative estimate of drug-likeness (QED) is 0.412. The van der Waals surface area contributed by atoms with Crippen LogP contribution in [0.25, 0.3) is 0 Å². The summed E-state index contributed by atoms with van der Waals surface area (Å²) in [5, 5.41) is 14.2. The van der Waals surface area contributed by atoms with Crippen LogP contribution >= 0.6 is 12.4 Å². The molecule has 0 saturated carbocycles. The predicted octanol–water partition coefficient (Wildman–Crippen LogP) is 4.18. The van der Waals surface area contributed by atoms with Crippen LogP contribution in [-0.4, -0.2) is 24.6 Å². The molecule has 2 aromatic rings. The fourth-order valence-electron chi connectivity index (χ4n) is 2.61. The number of nitro benzene ring substituents is 1. The molecule has 0 radical (unpaired) electrons. The van der Waals surface area contributed by atoms with E-state index in [0.29, 0.717) is 6.04 Å². The first-order valence-corrected chi connectivity index (χ1v) is 8.18. The maximum atomic E-state index is 10.6. The number of aryl methyl sites for hydroxylation is 1. The molecule has 25 heavy (non-hydrogen) atoms. The van der Waals surface area contributed by atoms with Crippen LogP contribution in [0.4, 0.5) is 5.69 Å². The van der Waals surface area contributed by atoms with E-state index in [1.807, 2.05) is 24.3 Å². The number of non-ortho nitro benzene ring substituents is 1. The molecule has 0 amide bonds. The third-order valence-corrected chi connectivity index (χ3v) is 3.98. The Morgan fingerprint density at radius 3 is 2.24 bits per heavy atom. The molecule has 0 aliphatic carbocycles. The second-order valence-corrected chi connectivity index (χ2v) is 5.93. The molecule has 6 heteroatoms. The van der Waals surface area contributed by atoms with E-state index >= 15 is 0 Å². The summed E-state index contributed by atoms with van der Waals surface area (Å²) in [6.45, 7) is 3.08. The van der Waals surface area contributed by atoms with Gasteiger partial charge in [-0.2, -0.15) is 0 Å². The van der Waals surface area contributed by atoms with Gasteiger partial charge in [0.05, 0.1) is 12.0 Å². The number of nitro groups is 1. The fraction of sp³-hybridized carbons (Fsp3) is 0.368. The molecule has 0 aliphatic rings. The zero-order chi connectivity index (χ0) is 17.4. The van der Waals surface area contributed by atoms with Gasteiger partial charge in [0.2, 0.25) is 0 Å². The van der Waals surface area contributed by atoms with Gasteiger partial charge in [0.1, 0.15) is 5.75 Å². The molecule has 136 valence electrons. The molecular formula is C19H25ClN2O3. The first-order chi connectivity index (χ1) is 11.6. The van der Waals surface area contributed by atoms with Gasteiger partial charge in [-0.05, 0) is 56.0 Å². The lowest BCUT2D eigenvalue weighted by Gasteiger charge is -2.14. The number of rotatable bonds is 9. The van der Waals surface area contributed by atoms with Crippen molar-refractivity contribution < 1.29 is 9.66 Å². The van der Waals surface area contributed by atoms with Crippen LogP contribution in [0.15, 0.2) is 48.5 Å². The smallest absolute Gasteiger partial charge is 0.269 e. The number of ether oxygens (including phenoxy) is 1. The highest BCUT2D eigenvalue weighted by atomic mass is 35.5. The number of hydrogen-bond donors (Lipinski definition) is 1. The maximum absolute atomic E-state index is 10.6. The molecule has 5 nitrogen and oxygen atoms in total. The van der Waals surface area contributed by atoms with Crippen molar-refractivity contribution in [1.29, 1.82) is 0 Å². The number of nitrogens with zero attached hydrogens (tertiary/aromatic N) is 1. The Labute approximate surface area is 155 Å². The summed E-state index contributed by atoms with van der Waals surface area (Å²) in [6, 6.07) is 15.3. The normalized spacial score (nSPS) is 11.4. The lowest BCUT2D eigenvalue weighted by atomic mass is 10.1. The average molecular weight is 365 g/mol. The minimum Gasteiger partial charge on any atom is -0.497 e. The molecule has 1 atom stereocenters. The highest BCUT2D eigenvalue weighted by Gasteiger charge is 2.07. The number of nitrogens with one attached hydrogen (secondary N) is 1. The van der Waals surface area contributed by atoms with Gasteiger partial charge < -0.3 is 10.1 Å². The third-order valence-electron chi connectivity index (χ3n) is 3.98. The van der Waals surface area contributed by atoms with Gasteiger partial charge in [-0.25, -0.2) is 0 Å². The molecule has 0 heterocycles. The molecule has 2 rings (SSSR count). The zero-order valence-corrected chi connectivity index (χ0v) is 15.4. The van der Waals surface area contributed by atoms with Gasteiger partial charge in [0.25, 0.3) is 5.69 Å². The van der Waals surface area contributed by atoms with Crippen molar-refractivity contribution in [2.45, 2.75) is 32.2 Å². The van der Waals surface area contributed by atoms with Crippen molar-refractivity contribution in [3.8, 4) is 5.75 Å².